The molecule has 2 rings (SSSR count). The van der Waals surface area contributed by atoms with E-state index in [1.54, 1.807) is 0 Å². The van der Waals surface area contributed by atoms with Crippen LogP contribution in [0.25, 0.3) is 0 Å². The van der Waals surface area contributed by atoms with Crippen molar-refractivity contribution >= 4 is 27.5 Å². The lowest BCUT2D eigenvalue weighted by Gasteiger charge is -2.06. The number of benzene rings is 1. The van der Waals surface area contributed by atoms with Crippen LogP contribution in [0.2, 0.25) is 0 Å². The maximum Gasteiger partial charge on any atom is 0.212 e. The minimum absolute atomic E-state index is 0.148. The van der Waals surface area contributed by atoms with Crippen LogP contribution in [0.3, 0.4) is 0 Å². The Balaban J connectivity index is 1.77. The van der Waals surface area contributed by atoms with E-state index in [0.29, 0.717) is 17.4 Å². The summed E-state index contributed by atoms with van der Waals surface area (Å²) in [5, 5.41) is 0. The lowest BCUT2D eigenvalue weighted by Crippen LogP contribution is -2.30. The van der Waals surface area contributed by atoms with E-state index in [1.807, 2.05) is 24.3 Å². The molecule has 1 aromatic carbocycles. The molecule has 4 nitrogen and oxygen atoms in total. The highest BCUT2D eigenvalue weighted by molar-refractivity contribution is 8.00. The Hall–Kier alpha value is -0.720. The van der Waals surface area contributed by atoms with Gasteiger partial charge in [-0.05, 0) is 30.5 Å². The molecular weight excluding hydrogens is 268 g/mol. The van der Waals surface area contributed by atoms with Crippen LogP contribution in [-0.2, 0) is 10.0 Å². The highest BCUT2D eigenvalue weighted by atomic mass is 32.2. The van der Waals surface area contributed by atoms with Gasteiger partial charge in [0.15, 0.2) is 0 Å². The van der Waals surface area contributed by atoms with E-state index in [9.17, 15) is 8.42 Å². The molecular formula is C12H18N2O2S2. The van der Waals surface area contributed by atoms with Crippen molar-refractivity contribution in [2.45, 2.75) is 24.3 Å². The molecule has 1 saturated carbocycles. The topological polar surface area (TPSA) is 72.2 Å². The average Bonchev–Trinajstić information content (AvgIpc) is 2.92. The first-order valence-electron chi connectivity index (χ1n) is 5.94. The Morgan fingerprint density at radius 2 is 2.22 bits per heavy atom. The molecule has 100 valence electrons. The summed E-state index contributed by atoms with van der Waals surface area (Å²) in [6, 6.07) is 7.64. The molecule has 3 N–H and O–H groups in total. The lowest BCUT2D eigenvalue weighted by atomic mass is 10.3. The van der Waals surface area contributed by atoms with E-state index in [0.717, 1.165) is 11.3 Å². The summed E-state index contributed by atoms with van der Waals surface area (Å²) < 4.78 is 26.2. The van der Waals surface area contributed by atoms with Crippen LogP contribution in [0.1, 0.15) is 13.3 Å². The Labute approximate surface area is 112 Å². The molecule has 1 fully saturated rings. The van der Waals surface area contributed by atoms with Gasteiger partial charge in [0.05, 0.1) is 5.75 Å². The molecule has 1 aliphatic carbocycles. The zero-order valence-electron chi connectivity index (χ0n) is 10.3. The lowest BCUT2D eigenvalue weighted by molar-refractivity contribution is 0.580. The van der Waals surface area contributed by atoms with E-state index in [4.69, 9.17) is 5.73 Å². The standard InChI is InChI=1S/C12H18N2O2S2/c1-9-7-12(9)14-18(15,16)6-5-17-11-4-2-3-10(13)8-11/h2-4,8-9,12,14H,5-7,13H2,1H3. The zero-order chi connectivity index (χ0) is 13.2. The highest BCUT2D eigenvalue weighted by Gasteiger charge is 2.35. The summed E-state index contributed by atoms with van der Waals surface area (Å²) in [6.07, 6.45) is 0.960. The molecule has 0 aliphatic heterocycles. The van der Waals surface area contributed by atoms with Gasteiger partial charge in [0, 0.05) is 22.4 Å². The Kier molecular flexibility index (Phi) is 4.19. The van der Waals surface area contributed by atoms with E-state index in [-0.39, 0.29) is 11.8 Å². The summed E-state index contributed by atoms with van der Waals surface area (Å²) in [5.41, 5.74) is 6.36. The van der Waals surface area contributed by atoms with Gasteiger partial charge < -0.3 is 5.73 Å². The number of rotatable bonds is 6. The largest absolute Gasteiger partial charge is 0.399 e. The molecule has 2 unspecified atom stereocenters. The average molecular weight is 286 g/mol. The van der Waals surface area contributed by atoms with Crippen molar-refractivity contribution < 1.29 is 8.42 Å². The van der Waals surface area contributed by atoms with E-state index in [2.05, 4.69) is 11.6 Å². The predicted molar refractivity (Wildman–Crippen MR) is 76.1 cm³/mol. The molecule has 2 atom stereocenters. The van der Waals surface area contributed by atoms with Crippen molar-refractivity contribution in [2.75, 3.05) is 17.2 Å². The third kappa shape index (κ3) is 4.19. The summed E-state index contributed by atoms with van der Waals surface area (Å²) in [4.78, 5) is 1.00. The number of hydrogen-bond donors (Lipinski definition) is 2. The molecule has 0 aromatic heterocycles. The Morgan fingerprint density at radius 3 is 2.83 bits per heavy atom. The SMILES string of the molecule is CC1CC1NS(=O)(=O)CCSc1cccc(N)c1. The molecule has 6 heteroatoms. The first kappa shape index (κ1) is 13.7. The van der Waals surface area contributed by atoms with Gasteiger partial charge in [0.2, 0.25) is 10.0 Å². The molecule has 0 heterocycles. The number of thioether (sulfide) groups is 1. The molecule has 0 amide bonds. The van der Waals surface area contributed by atoms with Crippen molar-refractivity contribution in [1.29, 1.82) is 0 Å². The van der Waals surface area contributed by atoms with Gasteiger partial charge in [0.25, 0.3) is 0 Å². The van der Waals surface area contributed by atoms with E-state index in [1.165, 1.54) is 11.8 Å². The maximum atomic E-state index is 11.7. The first-order valence-corrected chi connectivity index (χ1v) is 8.58. The monoisotopic (exact) mass is 286 g/mol. The minimum atomic E-state index is -3.13. The predicted octanol–water partition coefficient (Wildman–Crippen LogP) is 1.69. The van der Waals surface area contributed by atoms with E-state index < -0.39 is 10.0 Å². The van der Waals surface area contributed by atoms with Gasteiger partial charge >= 0.3 is 0 Å². The van der Waals surface area contributed by atoms with Crippen LogP contribution >= 0.6 is 11.8 Å². The molecule has 0 radical (unpaired) electrons. The van der Waals surface area contributed by atoms with Crippen LogP contribution in [0.4, 0.5) is 5.69 Å². The fraction of sp³-hybridized carbons (Fsp3) is 0.500. The summed E-state index contributed by atoms with van der Waals surface area (Å²) in [5.74, 6) is 1.18. The van der Waals surface area contributed by atoms with Gasteiger partial charge in [-0.1, -0.05) is 13.0 Å². The van der Waals surface area contributed by atoms with Gasteiger partial charge in [-0.2, -0.15) is 0 Å². The van der Waals surface area contributed by atoms with Crippen LogP contribution in [0, 0.1) is 5.92 Å². The molecule has 18 heavy (non-hydrogen) atoms. The first-order chi connectivity index (χ1) is 8.46. The molecule has 1 aromatic rings. The summed E-state index contributed by atoms with van der Waals surface area (Å²) >= 11 is 1.51. The fourth-order valence-electron chi connectivity index (χ4n) is 1.65. The number of nitrogens with two attached hydrogens (primary N) is 1. The van der Waals surface area contributed by atoms with Gasteiger partial charge in [-0.25, -0.2) is 13.1 Å². The van der Waals surface area contributed by atoms with Crippen LogP contribution in [0.15, 0.2) is 29.2 Å². The minimum Gasteiger partial charge on any atom is -0.399 e. The Morgan fingerprint density at radius 1 is 1.50 bits per heavy atom. The van der Waals surface area contributed by atoms with Crippen molar-refractivity contribution in [3.63, 3.8) is 0 Å². The third-order valence-electron chi connectivity index (χ3n) is 2.92. The number of nitrogens with one attached hydrogen (secondary N) is 1. The van der Waals surface area contributed by atoms with E-state index >= 15 is 0 Å². The second-order valence-electron chi connectivity index (χ2n) is 4.68. The van der Waals surface area contributed by atoms with Crippen molar-refractivity contribution in [2.24, 2.45) is 5.92 Å². The second-order valence-corrected chi connectivity index (χ2v) is 7.72. The highest BCUT2D eigenvalue weighted by Crippen LogP contribution is 2.29. The molecule has 1 aliphatic rings. The smallest absolute Gasteiger partial charge is 0.212 e. The zero-order valence-corrected chi connectivity index (χ0v) is 11.9. The maximum absolute atomic E-state index is 11.7. The van der Waals surface area contributed by atoms with Crippen molar-refractivity contribution in [3.8, 4) is 0 Å². The van der Waals surface area contributed by atoms with Crippen molar-refractivity contribution in [3.05, 3.63) is 24.3 Å². The number of anilines is 1. The number of sulfonamides is 1. The quantitative estimate of drug-likeness (QED) is 0.616. The fourth-order valence-corrected chi connectivity index (χ4v) is 4.40. The second kappa shape index (κ2) is 5.50. The van der Waals surface area contributed by atoms with Crippen LogP contribution < -0.4 is 10.5 Å². The molecule has 0 spiro atoms. The summed E-state index contributed by atoms with van der Waals surface area (Å²) in [7, 11) is -3.13. The van der Waals surface area contributed by atoms with Gasteiger partial charge in [-0.15, -0.1) is 11.8 Å². The third-order valence-corrected chi connectivity index (χ3v) is 5.58. The Bertz CT molecular complexity index is 517. The van der Waals surface area contributed by atoms with Gasteiger partial charge in [-0.3, -0.25) is 0 Å². The van der Waals surface area contributed by atoms with Crippen LogP contribution in [-0.4, -0.2) is 26.0 Å². The van der Waals surface area contributed by atoms with Crippen LogP contribution in [0.5, 0.6) is 0 Å². The van der Waals surface area contributed by atoms with Crippen molar-refractivity contribution in [1.82, 2.24) is 4.72 Å². The molecule has 0 bridgehead atoms. The molecule has 0 saturated heterocycles. The summed E-state index contributed by atoms with van der Waals surface area (Å²) in [6.45, 7) is 2.05. The number of nitrogen functional groups attached to an aromatic ring is 1. The normalized spacial score (nSPS) is 22.9. The van der Waals surface area contributed by atoms with Gasteiger partial charge in [0.1, 0.15) is 0 Å². The number of hydrogen-bond acceptors (Lipinski definition) is 4.